The first-order chi connectivity index (χ1) is 9.60. The molecular formula is C17H17BrO2. The lowest BCUT2D eigenvalue weighted by atomic mass is 10.1. The van der Waals surface area contributed by atoms with Crippen molar-refractivity contribution in [2.75, 3.05) is 0 Å². The van der Waals surface area contributed by atoms with Crippen LogP contribution in [0.4, 0.5) is 0 Å². The van der Waals surface area contributed by atoms with Gasteiger partial charge in [0.1, 0.15) is 12.4 Å². The SMILES string of the molecule is CCc1cccc(COc2ccc(C(C)=O)c(Br)c2)c1. The van der Waals surface area contributed by atoms with E-state index >= 15 is 0 Å². The number of carbonyl (C=O) groups excluding carboxylic acids is 1. The summed E-state index contributed by atoms with van der Waals surface area (Å²) in [6.07, 6.45) is 1.02. The van der Waals surface area contributed by atoms with E-state index in [-0.39, 0.29) is 5.78 Å². The van der Waals surface area contributed by atoms with Crippen LogP contribution in [0.15, 0.2) is 46.9 Å². The standard InChI is InChI=1S/C17H17BrO2/c1-3-13-5-4-6-14(9-13)11-20-15-7-8-16(12(2)19)17(18)10-15/h4-10H,3,11H2,1-2H3. The van der Waals surface area contributed by atoms with Crippen LogP contribution in [0.3, 0.4) is 0 Å². The Bertz CT molecular complexity index is 620. The van der Waals surface area contributed by atoms with E-state index in [0.29, 0.717) is 12.2 Å². The Balaban J connectivity index is 2.07. The van der Waals surface area contributed by atoms with E-state index in [9.17, 15) is 4.79 Å². The van der Waals surface area contributed by atoms with Gasteiger partial charge in [-0.2, -0.15) is 0 Å². The van der Waals surface area contributed by atoms with Gasteiger partial charge in [0.2, 0.25) is 0 Å². The van der Waals surface area contributed by atoms with Gasteiger partial charge in [0.25, 0.3) is 0 Å². The zero-order valence-corrected chi connectivity index (χ0v) is 13.2. The van der Waals surface area contributed by atoms with Crippen molar-refractivity contribution in [3.05, 3.63) is 63.6 Å². The number of hydrogen-bond donors (Lipinski definition) is 0. The second kappa shape index (κ2) is 6.71. The summed E-state index contributed by atoms with van der Waals surface area (Å²) in [4.78, 5) is 11.4. The number of hydrogen-bond acceptors (Lipinski definition) is 2. The van der Waals surface area contributed by atoms with Gasteiger partial charge in [0, 0.05) is 10.0 Å². The number of benzene rings is 2. The Morgan fingerprint density at radius 1 is 1.15 bits per heavy atom. The molecule has 0 saturated heterocycles. The third-order valence-corrected chi connectivity index (χ3v) is 3.78. The summed E-state index contributed by atoms with van der Waals surface area (Å²) in [6, 6.07) is 13.8. The zero-order chi connectivity index (χ0) is 14.5. The van der Waals surface area contributed by atoms with Gasteiger partial charge in [-0.15, -0.1) is 0 Å². The highest BCUT2D eigenvalue weighted by Gasteiger charge is 2.06. The molecule has 0 aromatic heterocycles. The van der Waals surface area contributed by atoms with Crippen molar-refractivity contribution in [2.45, 2.75) is 26.9 Å². The Labute approximate surface area is 127 Å². The fourth-order valence-electron chi connectivity index (χ4n) is 1.98. The van der Waals surface area contributed by atoms with Crippen LogP contribution in [0.25, 0.3) is 0 Å². The number of rotatable bonds is 5. The maximum atomic E-state index is 11.4. The molecule has 0 fully saturated rings. The molecule has 0 amide bonds. The van der Waals surface area contributed by atoms with Crippen molar-refractivity contribution in [3.63, 3.8) is 0 Å². The highest BCUT2D eigenvalue weighted by molar-refractivity contribution is 9.10. The van der Waals surface area contributed by atoms with Gasteiger partial charge in [0.05, 0.1) is 0 Å². The smallest absolute Gasteiger partial charge is 0.160 e. The molecule has 0 unspecified atom stereocenters. The molecular weight excluding hydrogens is 316 g/mol. The zero-order valence-electron chi connectivity index (χ0n) is 11.7. The summed E-state index contributed by atoms with van der Waals surface area (Å²) in [5.41, 5.74) is 3.13. The van der Waals surface area contributed by atoms with Crippen molar-refractivity contribution in [1.29, 1.82) is 0 Å². The third kappa shape index (κ3) is 3.70. The van der Waals surface area contributed by atoms with Gasteiger partial charge in [0.15, 0.2) is 5.78 Å². The summed E-state index contributed by atoms with van der Waals surface area (Å²) < 4.78 is 6.53. The van der Waals surface area contributed by atoms with Gasteiger partial charge >= 0.3 is 0 Å². The first-order valence-electron chi connectivity index (χ1n) is 6.61. The minimum absolute atomic E-state index is 0.0408. The number of ketones is 1. The van der Waals surface area contributed by atoms with E-state index in [0.717, 1.165) is 22.2 Å². The predicted molar refractivity (Wildman–Crippen MR) is 84.3 cm³/mol. The Morgan fingerprint density at radius 3 is 2.55 bits per heavy atom. The first-order valence-corrected chi connectivity index (χ1v) is 7.40. The third-order valence-electron chi connectivity index (χ3n) is 3.12. The number of halogens is 1. The molecule has 2 rings (SSSR count). The van der Waals surface area contributed by atoms with Crippen molar-refractivity contribution in [2.24, 2.45) is 0 Å². The molecule has 2 aromatic rings. The molecule has 0 heterocycles. The van der Waals surface area contributed by atoms with Crippen LogP contribution < -0.4 is 4.74 Å². The van der Waals surface area contributed by atoms with Crippen LogP contribution in [0.1, 0.15) is 35.3 Å². The van der Waals surface area contributed by atoms with Crippen molar-refractivity contribution in [3.8, 4) is 5.75 Å². The molecule has 0 aliphatic rings. The largest absolute Gasteiger partial charge is 0.489 e. The van der Waals surface area contributed by atoms with Crippen molar-refractivity contribution < 1.29 is 9.53 Å². The lowest BCUT2D eigenvalue weighted by Crippen LogP contribution is -1.98. The summed E-state index contributed by atoms with van der Waals surface area (Å²) in [5, 5.41) is 0. The Hall–Kier alpha value is -1.61. The molecule has 0 radical (unpaired) electrons. The molecule has 0 bridgehead atoms. The molecule has 0 spiro atoms. The molecule has 0 atom stereocenters. The second-order valence-electron chi connectivity index (χ2n) is 4.66. The van der Waals surface area contributed by atoms with Gasteiger partial charge in [-0.1, -0.05) is 31.2 Å². The van der Waals surface area contributed by atoms with Crippen LogP contribution in [0.2, 0.25) is 0 Å². The van der Waals surface area contributed by atoms with E-state index in [2.05, 4.69) is 41.1 Å². The molecule has 0 aliphatic carbocycles. The molecule has 0 aliphatic heterocycles. The highest BCUT2D eigenvalue weighted by atomic mass is 79.9. The summed E-state index contributed by atoms with van der Waals surface area (Å²) >= 11 is 3.40. The van der Waals surface area contributed by atoms with Gasteiger partial charge in [-0.25, -0.2) is 0 Å². The van der Waals surface area contributed by atoms with Crippen LogP contribution in [0, 0.1) is 0 Å². The average molecular weight is 333 g/mol. The molecule has 2 nitrogen and oxygen atoms in total. The second-order valence-corrected chi connectivity index (χ2v) is 5.51. The van der Waals surface area contributed by atoms with Gasteiger partial charge in [-0.05, 0) is 58.6 Å². The highest BCUT2D eigenvalue weighted by Crippen LogP contribution is 2.24. The molecule has 2 aromatic carbocycles. The minimum Gasteiger partial charge on any atom is -0.489 e. The quantitative estimate of drug-likeness (QED) is 0.735. The number of Topliss-reactive ketones (excluding diaryl/α,β-unsaturated/α-hetero) is 1. The van der Waals surface area contributed by atoms with Crippen molar-refractivity contribution in [1.82, 2.24) is 0 Å². The van der Waals surface area contributed by atoms with E-state index in [1.807, 2.05) is 18.2 Å². The molecule has 0 N–H and O–H groups in total. The topological polar surface area (TPSA) is 26.3 Å². The van der Waals surface area contributed by atoms with E-state index in [1.165, 1.54) is 5.56 Å². The Morgan fingerprint density at radius 2 is 1.90 bits per heavy atom. The Kier molecular flexibility index (Phi) is 4.96. The number of carbonyl (C=O) groups is 1. The van der Waals surface area contributed by atoms with E-state index < -0.39 is 0 Å². The van der Waals surface area contributed by atoms with Gasteiger partial charge in [-0.3, -0.25) is 4.79 Å². The van der Waals surface area contributed by atoms with Gasteiger partial charge < -0.3 is 4.74 Å². The maximum Gasteiger partial charge on any atom is 0.160 e. The number of ether oxygens (including phenoxy) is 1. The first kappa shape index (κ1) is 14.8. The fraction of sp³-hybridized carbons (Fsp3) is 0.235. The van der Waals surface area contributed by atoms with Crippen LogP contribution >= 0.6 is 15.9 Å². The van der Waals surface area contributed by atoms with Crippen molar-refractivity contribution >= 4 is 21.7 Å². The van der Waals surface area contributed by atoms with E-state index in [4.69, 9.17) is 4.74 Å². The molecule has 104 valence electrons. The van der Waals surface area contributed by atoms with E-state index in [1.54, 1.807) is 13.0 Å². The maximum absolute atomic E-state index is 11.4. The monoisotopic (exact) mass is 332 g/mol. The lowest BCUT2D eigenvalue weighted by molar-refractivity contribution is 0.101. The summed E-state index contributed by atoms with van der Waals surface area (Å²) in [5.74, 6) is 0.794. The number of aryl methyl sites for hydroxylation is 1. The predicted octanol–water partition coefficient (Wildman–Crippen LogP) is 4.79. The normalized spacial score (nSPS) is 10.3. The minimum atomic E-state index is 0.0408. The summed E-state index contributed by atoms with van der Waals surface area (Å²) in [6.45, 7) is 4.22. The average Bonchev–Trinajstić information content (AvgIpc) is 2.45. The van der Waals surface area contributed by atoms with Crippen LogP contribution in [-0.4, -0.2) is 5.78 Å². The van der Waals surface area contributed by atoms with Crippen LogP contribution in [0.5, 0.6) is 5.75 Å². The fourth-order valence-corrected chi connectivity index (χ4v) is 2.61. The molecule has 20 heavy (non-hydrogen) atoms. The summed E-state index contributed by atoms with van der Waals surface area (Å²) in [7, 11) is 0. The van der Waals surface area contributed by atoms with Crippen LogP contribution in [-0.2, 0) is 13.0 Å². The lowest BCUT2D eigenvalue weighted by Gasteiger charge is -2.09. The molecule has 3 heteroatoms. The molecule has 0 saturated carbocycles.